The van der Waals surface area contributed by atoms with Gasteiger partial charge in [-0.3, -0.25) is 0 Å². The lowest BCUT2D eigenvalue weighted by Gasteiger charge is -2.34. The van der Waals surface area contributed by atoms with E-state index in [0.717, 1.165) is 5.56 Å². The average Bonchev–Trinajstić information content (AvgIpc) is 2.61. The highest BCUT2D eigenvalue weighted by molar-refractivity contribution is 9.10. The molecule has 3 rings (SSSR count). The molecule has 0 aliphatic carbocycles. The third-order valence-corrected chi connectivity index (χ3v) is 9.97. The van der Waals surface area contributed by atoms with E-state index < -0.39 is 20.0 Å². The molecule has 0 saturated carbocycles. The van der Waals surface area contributed by atoms with Crippen molar-refractivity contribution in [3.05, 3.63) is 57.6 Å². The minimum Gasteiger partial charge on any atom is -0.207 e. The van der Waals surface area contributed by atoms with Gasteiger partial charge in [-0.15, -0.1) is 0 Å². The van der Waals surface area contributed by atoms with Gasteiger partial charge in [0, 0.05) is 30.7 Å². The monoisotopic (exact) mass is 486 g/mol. The van der Waals surface area contributed by atoms with Crippen molar-refractivity contribution in [3.63, 3.8) is 0 Å². The first kappa shape index (κ1) is 21.4. The summed E-state index contributed by atoms with van der Waals surface area (Å²) in [5, 5.41) is 0. The van der Waals surface area contributed by atoms with Gasteiger partial charge in [-0.25, -0.2) is 16.8 Å². The SMILES string of the molecule is Cc1cc(C)c(S(=O)(=O)N2CCN(S(=O)(=O)c3ccccc3Br)CC2)c(C)c1. The quantitative estimate of drug-likeness (QED) is 0.665. The molecule has 28 heavy (non-hydrogen) atoms. The van der Waals surface area contributed by atoms with Crippen molar-refractivity contribution < 1.29 is 16.8 Å². The Kier molecular flexibility index (Phi) is 6.03. The first-order chi connectivity index (χ1) is 13.0. The third-order valence-electron chi connectivity index (χ3n) is 4.85. The Bertz CT molecular complexity index is 1080. The van der Waals surface area contributed by atoms with Gasteiger partial charge in [0.1, 0.15) is 0 Å². The molecule has 0 atom stereocenters. The summed E-state index contributed by atoms with van der Waals surface area (Å²) in [7, 11) is -7.36. The van der Waals surface area contributed by atoms with Crippen molar-refractivity contribution in [2.45, 2.75) is 30.6 Å². The number of piperazine rings is 1. The lowest BCUT2D eigenvalue weighted by molar-refractivity contribution is 0.272. The van der Waals surface area contributed by atoms with E-state index in [4.69, 9.17) is 0 Å². The second-order valence-electron chi connectivity index (χ2n) is 6.97. The smallest absolute Gasteiger partial charge is 0.207 e. The molecular weight excluding hydrogens is 464 g/mol. The van der Waals surface area contributed by atoms with E-state index in [1.165, 1.54) is 8.61 Å². The lowest BCUT2D eigenvalue weighted by atomic mass is 10.1. The predicted molar refractivity (Wildman–Crippen MR) is 112 cm³/mol. The third kappa shape index (κ3) is 3.91. The standard InChI is InChI=1S/C19H23BrN2O4S2/c1-14-12-15(2)19(16(3)13-14)28(25,26)22-10-8-21(9-11-22)27(23,24)18-7-5-4-6-17(18)20/h4-7,12-13H,8-11H2,1-3H3. The van der Waals surface area contributed by atoms with Gasteiger partial charge in [-0.2, -0.15) is 8.61 Å². The summed E-state index contributed by atoms with van der Waals surface area (Å²) in [4.78, 5) is 0.511. The Labute approximate surface area is 175 Å². The summed E-state index contributed by atoms with van der Waals surface area (Å²) >= 11 is 3.28. The molecule has 2 aromatic carbocycles. The van der Waals surface area contributed by atoms with Crippen molar-refractivity contribution in [1.29, 1.82) is 0 Å². The molecule has 0 spiro atoms. The van der Waals surface area contributed by atoms with Crippen LogP contribution in [0.4, 0.5) is 0 Å². The molecule has 0 amide bonds. The molecule has 9 heteroatoms. The van der Waals surface area contributed by atoms with Crippen LogP contribution in [0.5, 0.6) is 0 Å². The highest BCUT2D eigenvalue weighted by Gasteiger charge is 2.35. The van der Waals surface area contributed by atoms with Crippen LogP contribution in [-0.2, 0) is 20.0 Å². The van der Waals surface area contributed by atoms with Gasteiger partial charge in [0.25, 0.3) is 0 Å². The van der Waals surface area contributed by atoms with E-state index in [1.54, 1.807) is 38.1 Å². The van der Waals surface area contributed by atoms with Crippen molar-refractivity contribution in [1.82, 2.24) is 8.61 Å². The molecule has 1 saturated heterocycles. The van der Waals surface area contributed by atoms with Gasteiger partial charge in [0.2, 0.25) is 20.0 Å². The molecular formula is C19H23BrN2O4S2. The van der Waals surface area contributed by atoms with Crippen LogP contribution in [0.2, 0.25) is 0 Å². The van der Waals surface area contributed by atoms with Crippen LogP contribution in [0, 0.1) is 20.8 Å². The van der Waals surface area contributed by atoms with Crippen molar-refractivity contribution in [2.75, 3.05) is 26.2 Å². The summed E-state index contributed by atoms with van der Waals surface area (Å²) in [5.74, 6) is 0. The number of hydrogen-bond acceptors (Lipinski definition) is 4. The second kappa shape index (κ2) is 7.87. The van der Waals surface area contributed by atoms with Crippen molar-refractivity contribution in [2.24, 2.45) is 0 Å². The minimum absolute atomic E-state index is 0.118. The number of nitrogens with zero attached hydrogens (tertiary/aromatic N) is 2. The van der Waals surface area contributed by atoms with Crippen LogP contribution in [0.15, 0.2) is 50.7 Å². The molecule has 0 N–H and O–H groups in total. The highest BCUT2D eigenvalue weighted by Crippen LogP contribution is 2.29. The normalized spacial score (nSPS) is 17.0. The maximum Gasteiger partial charge on any atom is 0.244 e. The van der Waals surface area contributed by atoms with Crippen LogP contribution in [-0.4, -0.2) is 51.6 Å². The Morgan fingerprint density at radius 1 is 0.786 bits per heavy atom. The fourth-order valence-electron chi connectivity index (χ4n) is 3.65. The number of aryl methyl sites for hydroxylation is 3. The molecule has 0 radical (unpaired) electrons. The summed E-state index contributed by atoms with van der Waals surface area (Å²) in [6, 6.07) is 10.3. The molecule has 2 aromatic rings. The van der Waals surface area contributed by atoms with Crippen LogP contribution < -0.4 is 0 Å². The molecule has 0 unspecified atom stereocenters. The molecule has 1 aliphatic heterocycles. The molecule has 6 nitrogen and oxygen atoms in total. The van der Waals surface area contributed by atoms with Crippen molar-refractivity contribution >= 4 is 36.0 Å². The number of hydrogen-bond donors (Lipinski definition) is 0. The van der Waals surface area contributed by atoms with Gasteiger partial charge in [0.15, 0.2) is 0 Å². The largest absolute Gasteiger partial charge is 0.244 e. The predicted octanol–water partition coefficient (Wildman–Crippen LogP) is 3.07. The lowest BCUT2D eigenvalue weighted by Crippen LogP contribution is -2.50. The summed E-state index contributed by atoms with van der Waals surface area (Å²) in [6.45, 7) is 6.00. The second-order valence-corrected chi connectivity index (χ2v) is 11.6. The molecule has 0 bridgehead atoms. The van der Waals surface area contributed by atoms with Crippen molar-refractivity contribution in [3.8, 4) is 0 Å². The fourth-order valence-corrected chi connectivity index (χ4v) is 7.87. The van der Waals surface area contributed by atoms with E-state index in [0.29, 0.717) is 20.5 Å². The summed E-state index contributed by atoms with van der Waals surface area (Å²) < 4.78 is 55.4. The van der Waals surface area contributed by atoms with Crippen LogP contribution in [0.3, 0.4) is 0 Å². The zero-order valence-corrected chi connectivity index (χ0v) is 19.2. The molecule has 1 aliphatic rings. The first-order valence-electron chi connectivity index (χ1n) is 8.88. The van der Waals surface area contributed by atoms with Gasteiger partial charge in [0.05, 0.1) is 9.79 Å². The number of halogens is 1. The first-order valence-corrected chi connectivity index (χ1v) is 12.5. The van der Waals surface area contributed by atoms with E-state index in [1.807, 2.05) is 19.1 Å². The van der Waals surface area contributed by atoms with Gasteiger partial charge >= 0.3 is 0 Å². The fraction of sp³-hybridized carbons (Fsp3) is 0.368. The zero-order valence-electron chi connectivity index (χ0n) is 16.0. The van der Waals surface area contributed by atoms with Crippen LogP contribution in [0.25, 0.3) is 0 Å². The van der Waals surface area contributed by atoms with Crippen LogP contribution in [0.1, 0.15) is 16.7 Å². The molecule has 152 valence electrons. The highest BCUT2D eigenvalue weighted by atomic mass is 79.9. The average molecular weight is 487 g/mol. The number of rotatable bonds is 4. The number of benzene rings is 2. The Morgan fingerprint density at radius 3 is 1.75 bits per heavy atom. The molecule has 0 aromatic heterocycles. The maximum absolute atomic E-state index is 13.2. The molecule has 1 heterocycles. The number of sulfonamides is 2. The van der Waals surface area contributed by atoms with E-state index >= 15 is 0 Å². The topological polar surface area (TPSA) is 74.8 Å². The van der Waals surface area contributed by atoms with Gasteiger partial charge in [-0.05, 0) is 60.0 Å². The summed E-state index contributed by atoms with van der Waals surface area (Å²) in [5.41, 5.74) is 2.43. The minimum atomic E-state index is -3.68. The maximum atomic E-state index is 13.2. The van der Waals surface area contributed by atoms with Gasteiger partial charge < -0.3 is 0 Å². The van der Waals surface area contributed by atoms with Crippen LogP contribution >= 0.6 is 15.9 Å². The summed E-state index contributed by atoms with van der Waals surface area (Å²) in [6.07, 6.45) is 0. The van der Waals surface area contributed by atoms with E-state index in [2.05, 4.69) is 15.9 Å². The Hall–Kier alpha value is -1.26. The zero-order chi connectivity index (χ0) is 20.7. The molecule has 1 fully saturated rings. The Balaban J connectivity index is 1.83. The van der Waals surface area contributed by atoms with Gasteiger partial charge in [-0.1, -0.05) is 29.8 Å². The van der Waals surface area contributed by atoms with E-state index in [-0.39, 0.29) is 31.1 Å². The Morgan fingerprint density at radius 2 is 1.25 bits per heavy atom. The van der Waals surface area contributed by atoms with E-state index in [9.17, 15) is 16.8 Å².